The summed E-state index contributed by atoms with van der Waals surface area (Å²) in [5.41, 5.74) is 20.9. The third-order valence-electron chi connectivity index (χ3n) is 9.65. The number of nitrogens with one attached hydrogen (secondary N) is 2. The van der Waals surface area contributed by atoms with Gasteiger partial charge in [0.1, 0.15) is 13.2 Å². The van der Waals surface area contributed by atoms with Gasteiger partial charge in [0, 0.05) is 28.3 Å². The number of hydrogen-bond acceptors (Lipinski definition) is 11. The van der Waals surface area contributed by atoms with Crippen molar-refractivity contribution in [2.45, 2.75) is 83.8 Å². The van der Waals surface area contributed by atoms with E-state index in [9.17, 15) is 36.7 Å². The number of azide groups is 1. The molecule has 4 aromatic carbocycles. The SMILES string of the molecule is C#CCN.CCCCC[C@H](NC(=O)c1cccc(-n2cc(CN)nn2)c1)C(=O)COc1c(F)cccc1F.CCCCC[C@H](NC(=O)c1cccc(N=[N+]=[N-])c1)C(=O)COc1c(F)cccc1F. The van der Waals surface area contributed by atoms with Gasteiger partial charge in [0.05, 0.1) is 36.2 Å². The van der Waals surface area contributed by atoms with Crippen LogP contribution in [0.1, 0.15) is 91.6 Å². The zero-order chi connectivity index (χ0) is 49.8. The number of ether oxygens (including phenoxy) is 2. The summed E-state index contributed by atoms with van der Waals surface area (Å²) >= 11 is 0. The summed E-state index contributed by atoms with van der Waals surface area (Å²) in [5, 5.41) is 16.7. The number of para-hydroxylation sites is 2. The molecule has 5 rings (SSSR count). The molecule has 1 aromatic heterocycles. The first-order chi connectivity index (χ1) is 32.8. The molecule has 0 spiro atoms. The molecule has 1 heterocycles. The Balaban J connectivity index is 0.000000336. The Morgan fingerprint density at radius 1 is 0.750 bits per heavy atom. The van der Waals surface area contributed by atoms with E-state index in [1.54, 1.807) is 36.5 Å². The molecule has 0 aliphatic heterocycles. The first-order valence-electron chi connectivity index (χ1n) is 21.6. The van der Waals surface area contributed by atoms with Crippen molar-refractivity contribution in [1.82, 2.24) is 25.6 Å². The molecule has 6 N–H and O–H groups in total. The van der Waals surface area contributed by atoms with Gasteiger partial charge in [-0.05, 0) is 73.0 Å². The summed E-state index contributed by atoms with van der Waals surface area (Å²) < 4.78 is 66.7. The second-order valence-electron chi connectivity index (χ2n) is 14.7. The second kappa shape index (κ2) is 29.8. The Morgan fingerprint density at radius 3 is 1.63 bits per heavy atom. The molecule has 20 heteroatoms. The fraction of sp³-hybridized carbons (Fsp3) is 0.333. The fourth-order valence-corrected chi connectivity index (χ4v) is 6.10. The van der Waals surface area contributed by atoms with Gasteiger partial charge in [0.2, 0.25) is 0 Å². The van der Waals surface area contributed by atoms with Crippen molar-refractivity contribution in [2.24, 2.45) is 16.6 Å². The number of terminal acetylenes is 1. The van der Waals surface area contributed by atoms with Gasteiger partial charge in [0.25, 0.3) is 11.8 Å². The van der Waals surface area contributed by atoms with Gasteiger partial charge in [-0.15, -0.1) is 11.5 Å². The number of aromatic nitrogens is 3. The van der Waals surface area contributed by atoms with Crippen molar-refractivity contribution >= 4 is 29.1 Å². The predicted octanol–water partition coefficient (Wildman–Crippen LogP) is 8.14. The Kier molecular flexibility index (Phi) is 24.0. The molecule has 0 radical (unpaired) electrons. The number of halogens is 4. The number of Topliss-reactive ketones (excluding diaryl/α,β-unsaturated/α-hetero) is 2. The van der Waals surface area contributed by atoms with Gasteiger partial charge in [-0.1, -0.05) is 99.0 Å². The minimum absolute atomic E-state index is 0.217. The highest BCUT2D eigenvalue weighted by atomic mass is 19.1. The minimum Gasteiger partial charge on any atom is -0.480 e. The summed E-state index contributed by atoms with van der Waals surface area (Å²) in [4.78, 5) is 53.6. The topological polar surface area (TPSA) is 242 Å². The standard InChI is InChI=1S/C24H27F2N5O3.C21H22F2N4O3.C3H5N/c1-2-3-4-11-21(22(32)15-34-23-19(25)9-6-10-20(23)26)28-24(33)16-7-5-8-18(12-16)31-14-17(13-27)29-30-31;1-2-3-4-11-18(19(28)13-30-20-16(22)9-6-10-17(20)23)25-21(29)14-7-5-8-15(12-14)26-27-24;1-2-3-4/h5-10,12,14,21H,2-4,11,13,15,27H2,1H3,(H,28,33);5-10,12,18H,2-4,11,13H2,1H3,(H,25,29);1H,3-4H2/t21-;18-;/m00./s1. The van der Waals surface area contributed by atoms with E-state index in [-0.39, 0.29) is 17.8 Å². The van der Waals surface area contributed by atoms with Gasteiger partial charge in [-0.25, -0.2) is 22.2 Å². The number of carbonyl (C=O) groups is 4. The summed E-state index contributed by atoms with van der Waals surface area (Å²) in [7, 11) is 0. The van der Waals surface area contributed by atoms with Crippen molar-refractivity contribution in [2.75, 3.05) is 19.8 Å². The molecule has 0 aliphatic carbocycles. The van der Waals surface area contributed by atoms with Crippen molar-refractivity contribution in [1.29, 1.82) is 0 Å². The molecule has 0 saturated heterocycles. The fourth-order valence-electron chi connectivity index (χ4n) is 6.10. The number of rotatable bonds is 23. The van der Waals surface area contributed by atoms with Crippen LogP contribution in [-0.4, -0.2) is 70.2 Å². The summed E-state index contributed by atoms with van der Waals surface area (Å²) in [6.07, 6.45) is 12.0. The summed E-state index contributed by atoms with van der Waals surface area (Å²) in [6.45, 7) is 3.44. The molecule has 5 aromatic rings. The van der Waals surface area contributed by atoms with Crippen LogP contribution >= 0.6 is 0 Å². The lowest BCUT2D eigenvalue weighted by molar-refractivity contribution is -0.123. The van der Waals surface area contributed by atoms with Crippen molar-refractivity contribution in [3.05, 3.63) is 142 Å². The van der Waals surface area contributed by atoms with Gasteiger partial charge >= 0.3 is 0 Å². The Labute approximate surface area is 391 Å². The molecule has 0 fully saturated rings. The minimum atomic E-state index is -0.913. The maximum absolute atomic E-state index is 13.8. The number of benzene rings is 4. The van der Waals surface area contributed by atoms with Gasteiger partial charge in [-0.3, -0.25) is 19.2 Å². The van der Waals surface area contributed by atoms with E-state index in [4.69, 9.17) is 26.5 Å². The van der Waals surface area contributed by atoms with Crippen LogP contribution in [0.2, 0.25) is 0 Å². The Hall–Kier alpha value is -7.59. The Morgan fingerprint density at radius 2 is 1.21 bits per heavy atom. The molecule has 0 saturated carbocycles. The van der Waals surface area contributed by atoms with Gasteiger partial charge < -0.3 is 31.6 Å². The molecule has 68 heavy (non-hydrogen) atoms. The molecule has 0 aliphatic rings. The van der Waals surface area contributed by atoms with Crippen LogP contribution in [0.3, 0.4) is 0 Å². The smallest absolute Gasteiger partial charge is 0.251 e. The van der Waals surface area contributed by atoms with Crippen LogP contribution in [0.25, 0.3) is 16.1 Å². The van der Waals surface area contributed by atoms with E-state index in [2.05, 4.69) is 43.3 Å². The third kappa shape index (κ3) is 18.0. The van der Waals surface area contributed by atoms with Crippen LogP contribution < -0.4 is 31.6 Å². The average molecular weight is 943 g/mol. The van der Waals surface area contributed by atoms with Crippen LogP contribution in [0.5, 0.6) is 11.5 Å². The largest absolute Gasteiger partial charge is 0.480 e. The summed E-state index contributed by atoms with van der Waals surface area (Å²) in [5.74, 6) is -4.65. The highest BCUT2D eigenvalue weighted by Crippen LogP contribution is 2.23. The van der Waals surface area contributed by atoms with Crippen molar-refractivity contribution < 1.29 is 46.2 Å². The zero-order valence-electron chi connectivity index (χ0n) is 37.7. The molecule has 2 amide bonds. The molecule has 360 valence electrons. The lowest BCUT2D eigenvalue weighted by Crippen LogP contribution is -2.43. The van der Waals surface area contributed by atoms with E-state index < -0.39 is 83.4 Å². The lowest BCUT2D eigenvalue weighted by Gasteiger charge is -2.18. The molecular weight excluding hydrogens is 889 g/mol. The number of carbonyl (C=O) groups excluding carboxylic acids is 4. The number of nitrogens with two attached hydrogens (primary N) is 2. The number of unbranched alkanes of at least 4 members (excludes halogenated alkanes) is 4. The highest BCUT2D eigenvalue weighted by Gasteiger charge is 2.25. The number of hydrogen-bond donors (Lipinski definition) is 4. The van der Waals surface area contributed by atoms with Crippen molar-refractivity contribution in [3.63, 3.8) is 0 Å². The highest BCUT2D eigenvalue weighted by molar-refractivity contribution is 5.99. The summed E-state index contributed by atoms with van der Waals surface area (Å²) in [6, 6.07) is 17.5. The quantitative estimate of drug-likeness (QED) is 0.0122. The van der Waals surface area contributed by atoms with Crippen LogP contribution in [0.4, 0.5) is 23.2 Å². The van der Waals surface area contributed by atoms with E-state index in [0.717, 1.165) is 49.9 Å². The Bertz CT molecular complexity index is 2490. The predicted molar refractivity (Wildman–Crippen MR) is 247 cm³/mol. The normalized spacial score (nSPS) is 11.2. The molecule has 0 bridgehead atoms. The molecule has 16 nitrogen and oxygen atoms in total. The van der Waals surface area contributed by atoms with Crippen LogP contribution in [0, 0.1) is 35.6 Å². The van der Waals surface area contributed by atoms with E-state index in [1.807, 2.05) is 13.8 Å². The van der Waals surface area contributed by atoms with Crippen LogP contribution in [0.15, 0.2) is 96.2 Å². The monoisotopic (exact) mass is 942 g/mol. The third-order valence-corrected chi connectivity index (χ3v) is 9.65. The second-order valence-corrected chi connectivity index (χ2v) is 14.7. The van der Waals surface area contributed by atoms with Crippen molar-refractivity contribution in [3.8, 4) is 29.5 Å². The molecular formula is C48H54F4N10O6. The zero-order valence-corrected chi connectivity index (χ0v) is 37.7. The van der Waals surface area contributed by atoms with E-state index >= 15 is 0 Å². The molecule has 0 unspecified atom stereocenters. The first kappa shape index (κ1) is 54.7. The van der Waals surface area contributed by atoms with E-state index in [0.29, 0.717) is 49.2 Å². The molecule has 2 atom stereocenters. The lowest BCUT2D eigenvalue weighted by atomic mass is 10.0. The maximum atomic E-state index is 13.8. The average Bonchev–Trinajstić information content (AvgIpc) is 3.83. The van der Waals surface area contributed by atoms with Gasteiger partial charge in [0.15, 0.2) is 46.3 Å². The van der Waals surface area contributed by atoms with Crippen LogP contribution in [-0.2, 0) is 16.1 Å². The first-order valence-corrected chi connectivity index (χ1v) is 21.6. The van der Waals surface area contributed by atoms with Gasteiger partial charge in [-0.2, -0.15) is 0 Å². The maximum Gasteiger partial charge on any atom is 0.251 e. The number of nitrogens with zero attached hydrogens (tertiary/aromatic N) is 6. The van der Waals surface area contributed by atoms with E-state index in [1.165, 1.54) is 35.0 Å². The number of amides is 2. The number of ketones is 2.